The Balaban J connectivity index is 1.45. The molecule has 2 aliphatic carbocycles. The summed E-state index contributed by atoms with van der Waals surface area (Å²) in [5.74, 6) is 0. The molecular formula is C47H48N4. The number of hydrogen-bond donors (Lipinski definition) is 0. The molecule has 0 bridgehead atoms. The third-order valence-corrected chi connectivity index (χ3v) is 11.1. The minimum Gasteiger partial charge on any atom is -0.378 e. The van der Waals surface area contributed by atoms with Gasteiger partial charge in [0.15, 0.2) is 0 Å². The largest absolute Gasteiger partial charge is 0.378 e. The molecule has 0 unspecified atom stereocenters. The zero-order valence-corrected chi connectivity index (χ0v) is 31.7. The van der Waals surface area contributed by atoms with E-state index in [1.165, 1.54) is 101 Å². The van der Waals surface area contributed by atoms with Gasteiger partial charge in [-0.05, 0) is 129 Å². The lowest BCUT2D eigenvalue weighted by atomic mass is 9.69. The molecule has 0 amide bonds. The second kappa shape index (κ2) is 11.8. The highest BCUT2D eigenvalue weighted by Crippen LogP contribution is 2.64. The Hall–Kier alpha value is -5.48. The van der Waals surface area contributed by atoms with Crippen LogP contribution in [0.15, 0.2) is 109 Å². The molecule has 4 nitrogen and oxygen atoms in total. The van der Waals surface area contributed by atoms with Gasteiger partial charge in [-0.25, -0.2) is 0 Å². The SMILES string of the molecule is Cc1ccc2c(c1)C1(c3cc(C)ccc3-2)c2cc(-c3cc(N(C)C)cc(N(C)C)c3)ccc2-c2ccc(-c3cc(N(C)C)cc(N(C)C)c3)cc21. The Labute approximate surface area is 304 Å². The fourth-order valence-corrected chi connectivity index (χ4v) is 8.37. The minimum absolute atomic E-state index is 0.452. The van der Waals surface area contributed by atoms with Crippen LogP contribution in [0.1, 0.15) is 33.4 Å². The van der Waals surface area contributed by atoms with Crippen LogP contribution in [-0.2, 0) is 5.41 Å². The average molecular weight is 669 g/mol. The standard InChI is InChI=1S/C47H48N4/c1-29-11-15-39-40-16-12-30(2)20-44(40)47(43(39)19-29)45-25-31(33-21-35(48(3)4)27-36(22-33)49(5)6)13-17-41(45)42-18-14-32(26-46(42)47)34-23-37(50(7)8)28-38(24-34)51(9)10/h11-28H,1-10H3. The quantitative estimate of drug-likeness (QED) is 0.175. The molecule has 0 N–H and O–H groups in total. The molecule has 8 rings (SSSR count). The Bertz CT molecular complexity index is 2140. The van der Waals surface area contributed by atoms with E-state index in [9.17, 15) is 0 Å². The number of aryl methyl sites for hydroxylation is 2. The lowest BCUT2D eigenvalue weighted by Gasteiger charge is -2.31. The second-order valence-corrected chi connectivity index (χ2v) is 15.4. The van der Waals surface area contributed by atoms with Crippen molar-refractivity contribution in [2.75, 3.05) is 76.0 Å². The van der Waals surface area contributed by atoms with Crippen molar-refractivity contribution in [3.63, 3.8) is 0 Å². The van der Waals surface area contributed by atoms with Gasteiger partial charge in [0.2, 0.25) is 0 Å². The summed E-state index contributed by atoms with van der Waals surface area (Å²) >= 11 is 0. The molecular weight excluding hydrogens is 621 g/mol. The smallest absolute Gasteiger partial charge is 0.0726 e. The van der Waals surface area contributed by atoms with E-state index in [0.717, 1.165) is 0 Å². The summed E-state index contributed by atoms with van der Waals surface area (Å²) < 4.78 is 0. The van der Waals surface area contributed by atoms with Gasteiger partial charge in [-0.15, -0.1) is 0 Å². The first-order valence-corrected chi connectivity index (χ1v) is 17.9. The fourth-order valence-electron chi connectivity index (χ4n) is 8.37. The number of anilines is 4. The third kappa shape index (κ3) is 5.03. The molecule has 0 radical (unpaired) electrons. The van der Waals surface area contributed by atoms with Gasteiger partial charge in [0.1, 0.15) is 0 Å². The Kier molecular flexibility index (Phi) is 7.57. The molecule has 2 aliphatic rings. The minimum atomic E-state index is -0.452. The van der Waals surface area contributed by atoms with E-state index in [4.69, 9.17) is 0 Å². The number of nitrogens with zero attached hydrogens (tertiary/aromatic N) is 4. The molecule has 0 heterocycles. The average Bonchev–Trinajstić information content (AvgIpc) is 3.56. The molecule has 256 valence electrons. The van der Waals surface area contributed by atoms with Gasteiger partial charge in [0.05, 0.1) is 5.41 Å². The molecule has 0 saturated heterocycles. The summed E-state index contributed by atoms with van der Waals surface area (Å²) in [6, 6.07) is 42.4. The van der Waals surface area contributed by atoms with Crippen LogP contribution >= 0.6 is 0 Å². The maximum absolute atomic E-state index is 2.50. The van der Waals surface area contributed by atoms with E-state index in [-0.39, 0.29) is 0 Å². The summed E-state index contributed by atoms with van der Waals surface area (Å²) in [5.41, 5.74) is 22.6. The normalized spacial score (nSPS) is 13.1. The summed E-state index contributed by atoms with van der Waals surface area (Å²) in [6.45, 7) is 4.47. The van der Waals surface area contributed by atoms with Crippen LogP contribution in [0.5, 0.6) is 0 Å². The zero-order chi connectivity index (χ0) is 35.9. The highest BCUT2D eigenvalue weighted by molar-refractivity contribution is 5.97. The molecule has 6 aromatic carbocycles. The first-order chi connectivity index (χ1) is 24.4. The number of hydrogen-bond acceptors (Lipinski definition) is 4. The zero-order valence-electron chi connectivity index (χ0n) is 31.7. The van der Waals surface area contributed by atoms with Crippen LogP contribution in [0.25, 0.3) is 44.5 Å². The molecule has 0 aromatic heterocycles. The van der Waals surface area contributed by atoms with E-state index in [2.05, 4.69) is 199 Å². The summed E-state index contributed by atoms with van der Waals surface area (Å²) in [6.07, 6.45) is 0. The van der Waals surface area contributed by atoms with Crippen LogP contribution < -0.4 is 19.6 Å². The topological polar surface area (TPSA) is 13.0 Å². The van der Waals surface area contributed by atoms with Crippen LogP contribution in [-0.4, -0.2) is 56.4 Å². The highest BCUT2D eigenvalue weighted by Gasteiger charge is 2.52. The van der Waals surface area contributed by atoms with Gasteiger partial charge >= 0.3 is 0 Å². The van der Waals surface area contributed by atoms with Gasteiger partial charge in [0.25, 0.3) is 0 Å². The lowest BCUT2D eigenvalue weighted by Crippen LogP contribution is -2.26. The van der Waals surface area contributed by atoms with Gasteiger partial charge in [-0.3, -0.25) is 0 Å². The van der Waals surface area contributed by atoms with Crippen molar-refractivity contribution in [1.82, 2.24) is 0 Å². The van der Waals surface area contributed by atoms with Crippen molar-refractivity contribution in [2.24, 2.45) is 0 Å². The Morgan fingerprint density at radius 3 is 0.922 bits per heavy atom. The van der Waals surface area contributed by atoms with Crippen molar-refractivity contribution < 1.29 is 0 Å². The maximum Gasteiger partial charge on any atom is 0.0726 e. The molecule has 51 heavy (non-hydrogen) atoms. The predicted octanol–water partition coefficient (Wildman–Crippen LogP) is 10.2. The van der Waals surface area contributed by atoms with E-state index in [1.807, 2.05) is 0 Å². The van der Waals surface area contributed by atoms with Crippen LogP contribution in [0.2, 0.25) is 0 Å². The first-order valence-electron chi connectivity index (χ1n) is 17.9. The molecule has 0 fully saturated rings. The van der Waals surface area contributed by atoms with Crippen molar-refractivity contribution in [3.8, 4) is 44.5 Å². The van der Waals surface area contributed by atoms with Crippen LogP contribution in [0.3, 0.4) is 0 Å². The predicted molar refractivity (Wildman–Crippen MR) is 220 cm³/mol. The van der Waals surface area contributed by atoms with Crippen LogP contribution in [0.4, 0.5) is 22.7 Å². The Morgan fingerprint density at radius 2 is 0.608 bits per heavy atom. The van der Waals surface area contributed by atoms with Gasteiger partial charge in [-0.2, -0.15) is 0 Å². The summed E-state index contributed by atoms with van der Waals surface area (Å²) in [7, 11) is 17.0. The number of fused-ring (bicyclic) bond motifs is 10. The molecule has 1 spiro atoms. The van der Waals surface area contributed by atoms with E-state index in [0.29, 0.717) is 0 Å². The van der Waals surface area contributed by atoms with Crippen LogP contribution in [0, 0.1) is 13.8 Å². The van der Waals surface area contributed by atoms with E-state index in [1.54, 1.807) is 0 Å². The molecule has 0 saturated carbocycles. The van der Waals surface area contributed by atoms with Gasteiger partial charge < -0.3 is 19.6 Å². The maximum atomic E-state index is 2.50. The molecule has 6 aromatic rings. The van der Waals surface area contributed by atoms with Crippen molar-refractivity contribution in [3.05, 3.63) is 143 Å². The molecule has 4 heteroatoms. The van der Waals surface area contributed by atoms with E-state index >= 15 is 0 Å². The fraction of sp³-hybridized carbons (Fsp3) is 0.234. The monoisotopic (exact) mass is 668 g/mol. The van der Waals surface area contributed by atoms with Crippen molar-refractivity contribution in [1.29, 1.82) is 0 Å². The van der Waals surface area contributed by atoms with Gasteiger partial charge in [0, 0.05) is 79.1 Å². The summed E-state index contributed by atoms with van der Waals surface area (Å²) in [4.78, 5) is 8.80. The first kappa shape index (κ1) is 32.7. The second-order valence-electron chi connectivity index (χ2n) is 15.4. The summed E-state index contributed by atoms with van der Waals surface area (Å²) in [5, 5.41) is 0. The Morgan fingerprint density at radius 1 is 0.314 bits per heavy atom. The molecule has 0 atom stereocenters. The molecule has 0 aliphatic heterocycles. The van der Waals surface area contributed by atoms with Gasteiger partial charge in [-0.1, -0.05) is 71.8 Å². The highest BCUT2D eigenvalue weighted by atomic mass is 15.1. The van der Waals surface area contributed by atoms with Crippen molar-refractivity contribution >= 4 is 22.7 Å². The van der Waals surface area contributed by atoms with Crippen molar-refractivity contribution in [2.45, 2.75) is 19.3 Å². The third-order valence-electron chi connectivity index (χ3n) is 11.1. The van der Waals surface area contributed by atoms with E-state index < -0.39 is 5.41 Å². The number of benzene rings is 6. The number of rotatable bonds is 6. The lowest BCUT2D eigenvalue weighted by molar-refractivity contribution is 0.792.